The molecule has 0 radical (unpaired) electrons. The van der Waals surface area contributed by atoms with Crippen molar-refractivity contribution in [1.29, 1.82) is 0 Å². The number of amides is 1. The Morgan fingerprint density at radius 3 is 2.00 bits per heavy atom. The molecule has 6 unspecified atom stereocenters. The van der Waals surface area contributed by atoms with Gasteiger partial charge in [-0.2, -0.15) is 5.48 Å². The Bertz CT molecular complexity index is 693. The van der Waals surface area contributed by atoms with Crippen LogP contribution < -0.4 is 10.8 Å². The number of carbonyl (C=O) groups is 3. The monoisotopic (exact) mass is 480 g/mol. The first-order valence-corrected chi connectivity index (χ1v) is 13.3. The van der Waals surface area contributed by atoms with Crippen LogP contribution in [0.1, 0.15) is 84.5 Å². The van der Waals surface area contributed by atoms with E-state index in [1.54, 1.807) is 0 Å². The maximum atomic E-state index is 12.7. The van der Waals surface area contributed by atoms with E-state index >= 15 is 0 Å². The lowest BCUT2D eigenvalue weighted by atomic mass is 9.74. The van der Waals surface area contributed by atoms with Gasteiger partial charge in [0.25, 0.3) is 0 Å². The van der Waals surface area contributed by atoms with Gasteiger partial charge in [-0.15, -0.1) is 0 Å². The molecule has 3 aliphatic carbocycles. The molecule has 8 heteroatoms. The topological polar surface area (TPSA) is 125 Å². The first kappa shape index (κ1) is 26.9. The van der Waals surface area contributed by atoms with E-state index in [0.29, 0.717) is 56.1 Å². The second-order valence-corrected chi connectivity index (χ2v) is 11.3. The third kappa shape index (κ3) is 7.67. The van der Waals surface area contributed by atoms with Crippen LogP contribution in [0.5, 0.6) is 0 Å². The van der Waals surface area contributed by atoms with Crippen molar-refractivity contribution in [1.82, 2.24) is 10.8 Å². The molecule has 4 N–H and O–H groups in total. The first-order valence-electron chi connectivity index (χ1n) is 13.3. The summed E-state index contributed by atoms with van der Waals surface area (Å²) in [5.74, 6) is -1.16. The third-order valence-electron chi connectivity index (χ3n) is 8.59. The first-order chi connectivity index (χ1) is 16.2. The number of hydroxylamine groups is 1. The maximum absolute atomic E-state index is 12.7. The number of hydrogen-bond acceptors (Lipinski definition) is 5. The summed E-state index contributed by atoms with van der Waals surface area (Å²) in [4.78, 5) is 41.5. The molecular weight excluding hydrogens is 436 g/mol. The minimum absolute atomic E-state index is 0.0855. The normalized spacial score (nSPS) is 36.5. The lowest BCUT2D eigenvalue weighted by molar-refractivity contribution is -0.149. The van der Waals surface area contributed by atoms with E-state index in [0.717, 1.165) is 51.4 Å². The van der Waals surface area contributed by atoms with Crippen molar-refractivity contribution in [3.8, 4) is 0 Å². The van der Waals surface area contributed by atoms with Crippen LogP contribution in [-0.4, -0.2) is 47.3 Å². The second kappa shape index (κ2) is 12.9. The van der Waals surface area contributed by atoms with Crippen LogP contribution in [-0.2, 0) is 19.2 Å². The van der Waals surface area contributed by atoms with E-state index in [2.05, 4.69) is 24.6 Å². The van der Waals surface area contributed by atoms with Crippen molar-refractivity contribution in [2.75, 3.05) is 13.2 Å². The Hall–Kier alpha value is -1.67. The number of carbonyl (C=O) groups excluding carboxylic acids is 1. The predicted molar refractivity (Wildman–Crippen MR) is 128 cm³/mol. The van der Waals surface area contributed by atoms with Gasteiger partial charge in [0.15, 0.2) is 0 Å². The van der Waals surface area contributed by atoms with Crippen LogP contribution in [0.4, 0.5) is 0 Å². The summed E-state index contributed by atoms with van der Waals surface area (Å²) >= 11 is 0. The molecule has 8 nitrogen and oxygen atoms in total. The lowest BCUT2D eigenvalue weighted by Gasteiger charge is -2.33. The molecule has 3 aliphatic rings. The lowest BCUT2D eigenvalue weighted by Crippen LogP contribution is -2.44. The maximum Gasteiger partial charge on any atom is 0.308 e. The molecule has 0 spiro atoms. The van der Waals surface area contributed by atoms with Gasteiger partial charge in [-0.05, 0) is 81.5 Å². The molecule has 6 atom stereocenters. The minimum Gasteiger partial charge on any atom is -0.481 e. The summed E-state index contributed by atoms with van der Waals surface area (Å²) in [6.07, 6.45) is 10.0. The molecule has 34 heavy (non-hydrogen) atoms. The van der Waals surface area contributed by atoms with Crippen molar-refractivity contribution in [3.63, 3.8) is 0 Å². The molecule has 0 aromatic carbocycles. The number of carboxylic acid groups (broad SMARTS) is 2. The van der Waals surface area contributed by atoms with Crippen LogP contribution in [0.3, 0.4) is 0 Å². The second-order valence-electron chi connectivity index (χ2n) is 11.3. The van der Waals surface area contributed by atoms with Gasteiger partial charge < -0.3 is 20.4 Å². The summed E-state index contributed by atoms with van der Waals surface area (Å²) in [5.41, 5.74) is 3.03. The van der Waals surface area contributed by atoms with Crippen LogP contribution >= 0.6 is 0 Å². The molecule has 0 aliphatic heterocycles. The van der Waals surface area contributed by atoms with Gasteiger partial charge >= 0.3 is 11.9 Å². The Kier molecular flexibility index (Phi) is 10.2. The van der Waals surface area contributed by atoms with Crippen molar-refractivity contribution in [3.05, 3.63) is 0 Å². The van der Waals surface area contributed by atoms with Gasteiger partial charge in [-0.3, -0.25) is 14.4 Å². The molecule has 194 valence electrons. The van der Waals surface area contributed by atoms with E-state index in [9.17, 15) is 24.6 Å². The Balaban J connectivity index is 1.30. The van der Waals surface area contributed by atoms with E-state index in [1.165, 1.54) is 0 Å². The van der Waals surface area contributed by atoms with Gasteiger partial charge in [0.1, 0.15) is 0 Å². The molecule has 0 bridgehead atoms. The summed E-state index contributed by atoms with van der Waals surface area (Å²) in [5, 5.41) is 22.0. The fourth-order valence-electron chi connectivity index (χ4n) is 6.25. The molecule has 3 fully saturated rings. The Morgan fingerprint density at radius 2 is 1.35 bits per heavy atom. The number of nitrogens with one attached hydrogen (secondary N) is 2. The van der Waals surface area contributed by atoms with Crippen LogP contribution in [0.25, 0.3) is 0 Å². The summed E-state index contributed by atoms with van der Waals surface area (Å²) in [6, 6.07) is -0.110. The number of hydrogen-bond donors (Lipinski definition) is 4. The molecule has 3 saturated carbocycles. The van der Waals surface area contributed by atoms with Crippen molar-refractivity contribution < 1.29 is 29.4 Å². The van der Waals surface area contributed by atoms with E-state index in [-0.39, 0.29) is 17.9 Å². The molecule has 1 amide bonds. The summed E-state index contributed by atoms with van der Waals surface area (Å²) in [6.45, 7) is 5.39. The van der Waals surface area contributed by atoms with Crippen LogP contribution in [0, 0.1) is 41.4 Å². The van der Waals surface area contributed by atoms with Crippen LogP contribution in [0.15, 0.2) is 0 Å². The van der Waals surface area contributed by atoms with Gasteiger partial charge in [-0.25, -0.2) is 0 Å². The highest BCUT2D eigenvalue weighted by Gasteiger charge is 2.38. The van der Waals surface area contributed by atoms with E-state index in [1.807, 2.05) is 0 Å². The zero-order valence-electron chi connectivity index (χ0n) is 20.8. The summed E-state index contributed by atoms with van der Waals surface area (Å²) in [7, 11) is 0. The van der Waals surface area contributed by atoms with Gasteiger partial charge in [-0.1, -0.05) is 26.7 Å². The predicted octanol–water partition coefficient (Wildman–Crippen LogP) is 3.85. The molecule has 0 heterocycles. The van der Waals surface area contributed by atoms with Gasteiger partial charge in [0, 0.05) is 12.6 Å². The zero-order valence-corrected chi connectivity index (χ0v) is 20.8. The third-order valence-corrected chi connectivity index (χ3v) is 8.59. The van der Waals surface area contributed by atoms with Crippen molar-refractivity contribution >= 4 is 17.8 Å². The molecular formula is C26H44N2O6. The smallest absolute Gasteiger partial charge is 0.308 e. The SMILES string of the molecule is CC1CCC(NOCCC2CCC(CNC(=O)C3CCC(C)CC3C(=O)O)CC2)C(C(=O)O)C1. The highest BCUT2D eigenvalue weighted by molar-refractivity contribution is 5.84. The largest absolute Gasteiger partial charge is 0.481 e. The number of carboxylic acids is 2. The zero-order chi connectivity index (χ0) is 24.7. The van der Waals surface area contributed by atoms with E-state index in [4.69, 9.17) is 4.84 Å². The molecule has 3 rings (SSSR count). The Morgan fingerprint density at radius 1 is 0.765 bits per heavy atom. The quantitative estimate of drug-likeness (QED) is 0.276. The van der Waals surface area contributed by atoms with E-state index < -0.39 is 23.8 Å². The van der Waals surface area contributed by atoms with Gasteiger partial charge in [0.05, 0.1) is 24.4 Å². The Labute approximate surface area is 203 Å². The van der Waals surface area contributed by atoms with Crippen LogP contribution in [0.2, 0.25) is 0 Å². The fourth-order valence-corrected chi connectivity index (χ4v) is 6.25. The number of aliphatic carboxylic acids is 2. The highest BCUT2D eigenvalue weighted by Crippen LogP contribution is 2.35. The van der Waals surface area contributed by atoms with Gasteiger partial charge in [0.2, 0.25) is 5.91 Å². The number of rotatable bonds is 10. The standard InChI is InChI=1S/C26H44N2O6/c1-16-3-9-20(21(13-16)25(30)31)24(29)27-15-19-7-5-18(6-8-19)11-12-34-28-23-10-4-17(2)14-22(23)26(32)33/h16-23,28H,3-15H2,1-2H3,(H,27,29)(H,30,31)(H,32,33). The average molecular weight is 481 g/mol. The molecule has 0 saturated heterocycles. The highest BCUT2D eigenvalue weighted by atomic mass is 16.6. The molecule has 0 aromatic heterocycles. The van der Waals surface area contributed by atoms with Crippen molar-refractivity contribution in [2.45, 2.75) is 90.5 Å². The minimum atomic E-state index is -0.847. The molecule has 0 aromatic rings. The summed E-state index contributed by atoms with van der Waals surface area (Å²) < 4.78 is 0. The average Bonchev–Trinajstić information content (AvgIpc) is 2.81. The fraction of sp³-hybridized carbons (Fsp3) is 0.885. The van der Waals surface area contributed by atoms with Crippen molar-refractivity contribution in [2.24, 2.45) is 41.4 Å².